The van der Waals surface area contributed by atoms with Crippen LogP contribution < -0.4 is 5.73 Å². The number of likely N-dealkylation sites (N-methyl/N-ethyl adjacent to an activating group) is 1. The van der Waals surface area contributed by atoms with E-state index in [4.69, 9.17) is 10.8 Å². The van der Waals surface area contributed by atoms with Crippen molar-refractivity contribution in [2.45, 2.75) is 12.5 Å². The van der Waals surface area contributed by atoms with Gasteiger partial charge in [0.2, 0.25) is 0 Å². The van der Waals surface area contributed by atoms with Gasteiger partial charge in [-0.2, -0.15) is 0 Å². The fourth-order valence-corrected chi connectivity index (χ4v) is 2.50. The second-order valence-corrected chi connectivity index (χ2v) is 5.45. The summed E-state index contributed by atoms with van der Waals surface area (Å²) in [6, 6.07) is 7.80. The van der Waals surface area contributed by atoms with Gasteiger partial charge in [0.15, 0.2) is 0 Å². The standard InChI is InChI=1S/C15H23N3O2/c1-17-6-8-18(9-7-17)11-12-2-4-13(5-3-12)14(10-16)15(19)20/h2-5,14H,6-11,16H2,1H3,(H,19,20). The van der Waals surface area contributed by atoms with E-state index < -0.39 is 11.9 Å². The number of nitrogens with zero attached hydrogens (tertiary/aromatic N) is 2. The van der Waals surface area contributed by atoms with Gasteiger partial charge in [-0.3, -0.25) is 9.69 Å². The van der Waals surface area contributed by atoms with E-state index in [0.29, 0.717) is 0 Å². The zero-order valence-corrected chi connectivity index (χ0v) is 12.0. The number of carboxylic acid groups (broad SMARTS) is 1. The minimum atomic E-state index is -0.862. The predicted octanol–water partition coefficient (Wildman–Crippen LogP) is 0.561. The highest BCUT2D eigenvalue weighted by Gasteiger charge is 2.18. The van der Waals surface area contributed by atoms with Gasteiger partial charge in [-0.05, 0) is 18.2 Å². The molecule has 1 aliphatic rings. The van der Waals surface area contributed by atoms with Crippen LogP contribution in [0.3, 0.4) is 0 Å². The normalized spacial score (nSPS) is 18.9. The molecular weight excluding hydrogens is 254 g/mol. The van der Waals surface area contributed by atoms with Crippen molar-refractivity contribution in [1.82, 2.24) is 9.80 Å². The van der Waals surface area contributed by atoms with Crippen LogP contribution in [0.5, 0.6) is 0 Å². The van der Waals surface area contributed by atoms with Crippen LogP contribution in [-0.4, -0.2) is 60.6 Å². The molecule has 0 saturated carbocycles. The monoisotopic (exact) mass is 277 g/mol. The Morgan fingerprint density at radius 2 is 1.85 bits per heavy atom. The molecule has 5 heteroatoms. The molecule has 0 aromatic heterocycles. The number of rotatable bonds is 5. The summed E-state index contributed by atoms with van der Waals surface area (Å²) < 4.78 is 0. The number of hydrogen-bond donors (Lipinski definition) is 2. The highest BCUT2D eigenvalue weighted by atomic mass is 16.4. The van der Waals surface area contributed by atoms with Crippen LogP contribution in [0.15, 0.2) is 24.3 Å². The van der Waals surface area contributed by atoms with E-state index in [1.807, 2.05) is 24.3 Å². The first-order chi connectivity index (χ1) is 9.60. The molecule has 0 amide bonds. The van der Waals surface area contributed by atoms with E-state index in [0.717, 1.165) is 38.3 Å². The average molecular weight is 277 g/mol. The molecule has 0 spiro atoms. The van der Waals surface area contributed by atoms with Crippen molar-refractivity contribution >= 4 is 5.97 Å². The molecule has 1 heterocycles. The Morgan fingerprint density at radius 1 is 1.25 bits per heavy atom. The lowest BCUT2D eigenvalue weighted by Crippen LogP contribution is -2.43. The van der Waals surface area contributed by atoms with Crippen LogP contribution in [0, 0.1) is 0 Å². The van der Waals surface area contributed by atoms with Gasteiger partial charge in [0.25, 0.3) is 0 Å². The van der Waals surface area contributed by atoms with Gasteiger partial charge in [0, 0.05) is 39.3 Å². The second-order valence-electron chi connectivity index (χ2n) is 5.45. The van der Waals surface area contributed by atoms with E-state index in [-0.39, 0.29) is 6.54 Å². The maximum Gasteiger partial charge on any atom is 0.312 e. The van der Waals surface area contributed by atoms with Crippen molar-refractivity contribution in [3.63, 3.8) is 0 Å². The fraction of sp³-hybridized carbons (Fsp3) is 0.533. The van der Waals surface area contributed by atoms with Crippen molar-refractivity contribution in [3.05, 3.63) is 35.4 Å². The zero-order chi connectivity index (χ0) is 14.5. The highest BCUT2D eigenvalue weighted by molar-refractivity contribution is 5.76. The lowest BCUT2D eigenvalue weighted by atomic mass is 9.98. The quantitative estimate of drug-likeness (QED) is 0.823. The summed E-state index contributed by atoms with van der Waals surface area (Å²) in [4.78, 5) is 15.8. The number of piperazine rings is 1. The second kappa shape index (κ2) is 6.83. The minimum absolute atomic E-state index is 0.132. The summed E-state index contributed by atoms with van der Waals surface area (Å²) in [6.07, 6.45) is 0. The van der Waals surface area contributed by atoms with Gasteiger partial charge < -0.3 is 15.7 Å². The van der Waals surface area contributed by atoms with Crippen molar-refractivity contribution in [1.29, 1.82) is 0 Å². The summed E-state index contributed by atoms with van der Waals surface area (Å²) in [5.41, 5.74) is 7.51. The molecule has 1 aliphatic heterocycles. The van der Waals surface area contributed by atoms with Crippen molar-refractivity contribution in [3.8, 4) is 0 Å². The Hall–Kier alpha value is -1.43. The molecule has 1 aromatic carbocycles. The number of aliphatic carboxylic acids is 1. The lowest BCUT2D eigenvalue weighted by Gasteiger charge is -2.32. The number of benzene rings is 1. The number of carbonyl (C=O) groups is 1. The van der Waals surface area contributed by atoms with E-state index in [1.165, 1.54) is 5.56 Å². The van der Waals surface area contributed by atoms with Gasteiger partial charge >= 0.3 is 5.97 Å². The maximum absolute atomic E-state index is 11.1. The summed E-state index contributed by atoms with van der Waals surface area (Å²) in [6.45, 7) is 5.43. The van der Waals surface area contributed by atoms with Crippen LogP contribution >= 0.6 is 0 Å². The third-order valence-corrected chi connectivity index (χ3v) is 3.92. The van der Waals surface area contributed by atoms with Gasteiger partial charge in [-0.25, -0.2) is 0 Å². The molecule has 1 aromatic rings. The van der Waals surface area contributed by atoms with E-state index in [2.05, 4.69) is 16.8 Å². The summed E-state index contributed by atoms with van der Waals surface area (Å²) in [5.74, 6) is -1.47. The average Bonchev–Trinajstić information content (AvgIpc) is 2.44. The van der Waals surface area contributed by atoms with E-state index >= 15 is 0 Å². The molecule has 1 fully saturated rings. The van der Waals surface area contributed by atoms with Crippen LogP contribution in [0.1, 0.15) is 17.0 Å². The van der Waals surface area contributed by atoms with Gasteiger partial charge in [0.1, 0.15) is 0 Å². The largest absolute Gasteiger partial charge is 0.481 e. The van der Waals surface area contributed by atoms with Crippen LogP contribution in [0.2, 0.25) is 0 Å². The molecule has 1 atom stereocenters. The Balaban J connectivity index is 1.96. The molecule has 110 valence electrons. The third kappa shape index (κ3) is 3.79. The van der Waals surface area contributed by atoms with Crippen LogP contribution in [0.4, 0.5) is 0 Å². The Labute approximate surface area is 120 Å². The Kier molecular flexibility index (Phi) is 5.11. The number of hydrogen-bond acceptors (Lipinski definition) is 4. The van der Waals surface area contributed by atoms with E-state index in [9.17, 15) is 4.79 Å². The van der Waals surface area contributed by atoms with E-state index in [1.54, 1.807) is 0 Å². The first kappa shape index (κ1) is 15.0. The molecule has 3 N–H and O–H groups in total. The summed E-state index contributed by atoms with van der Waals surface area (Å²) >= 11 is 0. The lowest BCUT2D eigenvalue weighted by molar-refractivity contribution is -0.138. The summed E-state index contributed by atoms with van der Waals surface area (Å²) in [7, 11) is 2.14. The molecule has 2 rings (SSSR count). The highest BCUT2D eigenvalue weighted by Crippen LogP contribution is 2.17. The molecular formula is C15H23N3O2. The molecule has 0 radical (unpaired) electrons. The minimum Gasteiger partial charge on any atom is -0.481 e. The van der Waals surface area contributed by atoms with Crippen LogP contribution in [0.25, 0.3) is 0 Å². The van der Waals surface area contributed by atoms with Gasteiger partial charge in [-0.15, -0.1) is 0 Å². The van der Waals surface area contributed by atoms with Gasteiger partial charge in [-0.1, -0.05) is 24.3 Å². The number of nitrogens with two attached hydrogens (primary N) is 1. The van der Waals surface area contributed by atoms with Crippen molar-refractivity contribution < 1.29 is 9.90 Å². The fourth-order valence-electron chi connectivity index (χ4n) is 2.50. The summed E-state index contributed by atoms with van der Waals surface area (Å²) in [5, 5.41) is 9.09. The first-order valence-corrected chi connectivity index (χ1v) is 7.02. The zero-order valence-electron chi connectivity index (χ0n) is 12.0. The third-order valence-electron chi connectivity index (χ3n) is 3.92. The van der Waals surface area contributed by atoms with Gasteiger partial charge in [0.05, 0.1) is 5.92 Å². The maximum atomic E-state index is 11.1. The van der Waals surface area contributed by atoms with Crippen molar-refractivity contribution in [2.24, 2.45) is 5.73 Å². The van der Waals surface area contributed by atoms with Crippen LogP contribution in [-0.2, 0) is 11.3 Å². The first-order valence-electron chi connectivity index (χ1n) is 7.02. The predicted molar refractivity (Wildman–Crippen MR) is 78.6 cm³/mol. The molecule has 5 nitrogen and oxygen atoms in total. The topological polar surface area (TPSA) is 69.8 Å². The SMILES string of the molecule is CN1CCN(Cc2ccc(C(CN)C(=O)O)cc2)CC1. The Morgan fingerprint density at radius 3 is 2.35 bits per heavy atom. The molecule has 1 unspecified atom stereocenters. The smallest absolute Gasteiger partial charge is 0.312 e. The van der Waals surface area contributed by atoms with Crippen molar-refractivity contribution in [2.75, 3.05) is 39.8 Å². The number of carboxylic acids is 1. The molecule has 0 bridgehead atoms. The molecule has 1 saturated heterocycles. The molecule has 0 aliphatic carbocycles. The molecule has 20 heavy (non-hydrogen) atoms. The Bertz CT molecular complexity index is 439.